The molecule has 1 aromatic carbocycles. The van der Waals surface area contributed by atoms with Crippen LogP contribution in [0.1, 0.15) is 0 Å². The smallest absolute Gasteiger partial charge is 0.241 e. The number of nitrogens with zero attached hydrogens (tertiary/aromatic N) is 1. The summed E-state index contributed by atoms with van der Waals surface area (Å²) in [7, 11) is -3.85. The van der Waals surface area contributed by atoms with Gasteiger partial charge in [0.1, 0.15) is 18.1 Å². The summed E-state index contributed by atoms with van der Waals surface area (Å²) < 4.78 is 34.0. The van der Waals surface area contributed by atoms with Crippen LogP contribution >= 0.6 is 0 Å². The molecule has 1 aromatic heterocycles. The summed E-state index contributed by atoms with van der Waals surface area (Å²) in [5.74, 6) is 1.41. The summed E-state index contributed by atoms with van der Waals surface area (Å²) >= 11 is 0. The zero-order chi connectivity index (χ0) is 14.9. The lowest BCUT2D eigenvalue weighted by atomic mass is 10.2. The Labute approximate surface area is 121 Å². The van der Waals surface area contributed by atoms with Gasteiger partial charge in [0.2, 0.25) is 10.0 Å². The highest BCUT2D eigenvalue weighted by molar-refractivity contribution is 7.89. The van der Waals surface area contributed by atoms with E-state index in [1.165, 1.54) is 18.3 Å². The molecule has 1 aliphatic heterocycles. The molecule has 7 nitrogen and oxygen atoms in total. The van der Waals surface area contributed by atoms with E-state index in [2.05, 4.69) is 10.3 Å². The van der Waals surface area contributed by atoms with Crippen LogP contribution in [0, 0.1) is 0 Å². The molecule has 0 aliphatic carbocycles. The molecule has 0 fully saturated rings. The molecule has 8 heteroatoms. The van der Waals surface area contributed by atoms with Gasteiger partial charge in [-0.1, -0.05) is 0 Å². The molecular formula is C13H13N3O4S. The van der Waals surface area contributed by atoms with Crippen LogP contribution in [0.2, 0.25) is 0 Å². The van der Waals surface area contributed by atoms with Gasteiger partial charge >= 0.3 is 0 Å². The molecule has 0 saturated carbocycles. The first-order valence-electron chi connectivity index (χ1n) is 6.18. The summed E-state index contributed by atoms with van der Waals surface area (Å²) in [6, 6.07) is 8.11. The Balaban J connectivity index is 1.94. The minimum absolute atomic E-state index is 0.0695. The van der Waals surface area contributed by atoms with Gasteiger partial charge in [0.05, 0.1) is 0 Å². The van der Waals surface area contributed by atoms with E-state index in [4.69, 9.17) is 14.6 Å². The van der Waals surface area contributed by atoms with Gasteiger partial charge in [-0.05, 0) is 24.3 Å². The maximum absolute atomic E-state index is 11.5. The number of hydrogen-bond donors (Lipinski definition) is 2. The van der Waals surface area contributed by atoms with Crippen molar-refractivity contribution in [1.29, 1.82) is 0 Å². The van der Waals surface area contributed by atoms with E-state index in [0.717, 1.165) is 0 Å². The third kappa shape index (κ3) is 2.91. The van der Waals surface area contributed by atoms with Crippen molar-refractivity contribution in [3.8, 4) is 11.5 Å². The van der Waals surface area contributed by atoms with Crippen molar-refractivity contribution in [1.82, 2.24) is 4.98 Å². The van der Waals surface area contributed by atoms with Gasteiger partial charge in [-0.15, -0.1) is 0 Å². The topological polar surface area (TPSA) is 104 Å². The average Bonchev–Trinajstić information content (AvgIpc) is 2.46. The first-order chi connectivity index (χ1) is 10.0. The Hall–Kier alpha value is -2.32. The van der Waals surface area contributed by atoms with Gasteiger partial charge in [-0.25, -0.2) is 18.5 Å². The zero-order valence-corrected chi connectivity index (χ0v) is 11.8. The third-order valence-electron chi connectivity index (χ3n) is 2.88. The van der Waals surface area contributed by atoms with Gasteiger partial charge < -0.3 is 14.8 Å². The number of primary sulfonamides is 1. The number of sulfonamides is 1. The first-order valence-corrected chi connectivity index (χ1v) is 7.73. The quantitative estimate of drug-likeness (QED) is 0.884. The fraction of sp³-hybridized carbons (Fsp3) is 0.154. The fourth-order valence-corrected chi connectivity index (χ4v) is 2.61. The minimum atomic E-state index is -3.85. The van der Waals surface area contributed by atoms with E-state index >= 15 is 0 Å². The van der Waals surface area contributed by atoms with Gasteiger partial charge in [0.25, 0.3) is 0 Å². The number of pyridine rings is 1. The van der Waals surface area contributed by atoms with Gasteiger partial charge in [-0.2, -0.15) is 0 Å². The number of rotatable bonds is 3. The van der Waals surface area contributed by atoms with Crippen molar-refractivity contribution >= 4 is 21.5 Å². The number of nitrogens with one attached hydrogen (secondary N) is 1. The molecule has 2 aromatic rings. The number of aromatic nitrogens is 1. The third-order valence-corrected chi connectivity index (χ3v) is 3.82. The minimum Gasteiger partial charge on any atom is -0.486 e. The first kappa shape index (κ1) is 13.7. The van der Waals surface area contributed by atoms with Crippen molar-refractivity contribution in [3.63, 3.8) is 0 Å². The second kappa shape index (κ2) is 5.23. The summed E-state index contributed by atoms with van der Waals surface area (Å²) in [6.45, 7) is 0.984. The normalized spacial score (nSPS) is 13.8. The second-order valence-electron chi connectivity index (χ2n) is 4.38. The van der Waals surface area contributed by atoms with E-state index in [1.807, 2.05) is 0 Å². The molecule has 0 bridgehead atoms. The Kier molecular flexibility index (Phi) is 3.40. The molecule has 3 N–H and O–H groups in total. The summed E-state index contributed by atoms with van der Waals surface area (Å²) in [5, 5.41) is 8.09. The van der Waals surface area contributed by atoms with E-state index in [9.17, 15) is 8.42 Å². The van der Waals surface area contributed by atoms with Crippen LogP contribution in [-0.2, 0) is 10.0 Å². The number of benzene rings is 1. The Morgan fingerprint density at radius 1 is 1.14 bits per heavy atom. The number of fused-ring (bicyclic) bond motifs is 1. The molecule has 0 radical (unpaired) electrons. The summed E-state index contributed by atoms with van der Waals surface area (Å²) in [5.41, 5.74) is 0.628. The molecule has 110 valence electrons. The molecular weight excluding hydrogens is 294 g/mol. The van der Waals surface area contributed by atoms with E-state index in [-0.39, 0.29) is 10.7 Å². The highest BCUT2D eigenvalue weighted by atomic mass is 32.2. The van der Waals surface area contributed by atoms with Crippen LogP contribution in [-0.4, -0.2) is 26.6 Å². The van der Waals surface area contributed by atoms with Crippen molar-refractivity contribution in [2.24, 2.45) is 5.14 Å². The lowest BCUT2D eigenvalue weighted by Gasteiger charge is -2.19. The van der Waals surface area contributed by atoms with Crippen LogP contribution in [0.5, 0.6) is 11.5 Å². The molecule has 0 spiro atoms. The molecule has 0 atom stereocenters. The Morgan fingerprint density at radius 2 is 1.90 bits per heavy atom. The maximum atomic E-state index is 11.5. The van der Waals surface area contributed by atoms with Crippen molar-refractivity contribution in [3.05, 3.63) is 36.5 Å². The van der Waals surface area contributed by atoms with Crippen LogP contribution in [0.4, 0.5) is 11.5 Å². The monoisotopic (exact) mass is 307 g/mol. The fourth-order valence-electron chi connectivity index (χ4n) is 1.97. The molecule has 2 heterocycles. The van der Waals surface area contributed by atoms with E-state index in [0.29, 0.717) is 30.4 Å². The average molecular weight is 307 g/mol. The van der Waals surface area contributed by atoms with Gasteiger partial charge in [0.15, 0.2) is 17.3 Å². The highest BCUT2D eigenvalue weighted by Crippen LogP contribution is 2.34. The summed E-state index contributed by atoms with van der Waals surface area (Å²) in [4.78, 5) is 3.94. The van der Waals surface area contributed by atoms with E-state index in [1.54, 1.807) is 18.2 Å². The van der Waals surface area contributed by atoms with E-state index < -0.39 is 10.0 Å². The van der Waals surface area contributed by atoms with Crippen molar-refractivity contribution in [2.45, 2.75) is 4.90 Å². The van der Waals surface area contributed by atoms with Crippen molar-refractivity contribution in [2.75, 3.05) is 18.5 Å². The maximum Gasteiger partial charge on any atom is 0.241 e. The standard InChI is InChI=1S/C13H13N3O4S/c14-21(17,18)12-2-1-5-15-13(12)16-9-3-4-10-11(8-9)20-7-6-19-10/h1-5,8H,6-7H2,(H,15,16)(H2,14,17,18). The van der Waals surface area contributed by atoms with Crippen LogP contribution < -0.4 is 19.9 Å². The SMILES string of the molecule is NS(=O)(=O)c1cccnc1Nc1ccc2c(c1)OCCO2. The number of hydrogen-bond acceptors (Lipinski definition) is 6. The van der Waals surface area contributed by atoms with Crippen molar-refractivity contribution < 1.29 is 17.9 Å². The summed E-state index contributed by atoms with van der Waals surface area (Å²) in [6.07, 6.45) is 1.48. The van der Waals surface area contributed by atoms with Gasteiger partial charge in [0, 0.05) is 18.0 Å². The zero-order valence-electron chi connectivity index (χ0n) is 10.9. The predicted molar refractivity (Wildman–Crippen MR) is 76.3 cm³/mol. The molecule has 0 unspecified atom stereocenters. The predicted octanol–water partition coefficient (Wildman–Crippen LogP) is 1.24. The molecule has 0 amide bonds. The lowest BCUT2D eigenvalue weighted by Crippen LogP contribution is -2.16. The largest absolute Gasteiger partial charge is 0.486 e. The second-order valence-corrected chi connectivity index (χ2v) is 5.91. The molecule has 0 saturated heterocycles. The van der Waals surface area contributed by atoms with Crippen LogP contribution in [0.25, 0.3) is 0 Å². The number of ether oxygens (including phenoxy) is 2. The van der Waals surface area contributed by atoms with Crippen LogP contribution in [0.3, 0.4) is 0 Å². The molecule has 3 rings (SSSR count). The van der Waals surface area contributed by atoms with Crippen LogP contribution in [0.15, 0.2) is 41.4 Å². The number of nitrogens with two attached hydrogens (primary N) is 1. The molecule has 1 aliphatic rings. The highest BCUT2D eigenvalue weighted by Gasteiger charge is 2.16. The lowest BCUT2D eigenvalue weighted by molar-refractivity contribution is 0.171. The molecule has 21 heavy (non-hydrogen) atoms. The van der Waals surface area contributed by atoms with Gasteiger partial charge in [-0.3, -0.25) is 0 Å². The Morgan fingerprint density at radius 3 is 2.67 bits per heavy atom. The number of anilines is 2. The Bertz CT molecular complexity index is 777.